The van der Waals surface area contributed by atoms with Crippen LogP contribution in [0, 0.1) is 11.8 Å². The zero-order chi connectivity index (χ0) is 20.4. The Bertz CT molecular complexity index is 617. The minimum atomic E-state index is -1.17. The summed E-state index contributed by atoms with van der Waals surface area (Å²) in [5, 5.41) is 19.0. The zero-order valence-corrected chi connectivity index (χ0v) is 17.4. The maximum absolute atomic E-state index is 11.8. The minimum Gasteiger partial charge on any atom is -0.478 e. The average molecular weight is 377 g/mol. The third-order valence-corrected chi connectivity index (χ3v) is 4.94. The molecule has 0 unspecified atom stereocenters. The Morgan fingerprint density at radius 3 is 1.93 bits per heavy atom. The van der Waals surface area contributed by atoms with Gasteiger partial charge in [0.2, 0.25) is 0 Å². The van der Waals surface area contributed by atoms with Crippen LogP contribution in [0.15, 0.2) is 12.1 Å². The van der Waals surface area contributed by atoms with Gasteiger partial charge in [0.1, 0.15) is 0 Å². The lowest BCUT2D eigenvalue weighted by Gasteiger charge is -2.16. The van der Waals surface area contributed by atoms with Gasteiger partial charge in [-0.15, -0.1) is 0 Å². The Morgan fingerprint density at radius 2 is 1.41 bits per heavy atom. The van der Waals surface area contributed by atoms with Gasteiger partial charge in [-0.2, -0.15) is 0 Å². The predicted octanol–water partition coefficient (Wildman–Crippen LogP) is 6.21. The van der Waals surface area contributed by atoms with Crippen molar-refractivity contribution in [2.45, 2.75) is 85.5 Å². The van der Waals surface area contributed by atoms with E-state index in [1.807, 2.05) is 0 Å². The number of benzene rings is 1. The molecule has 0 aliphatic rings. The van der Waals surface area contributed by atoms with Crippen molar-refractivity contribution in [2.24, 2.45) is 11.8 Å². The molecule has 0 fully saturated rings. The summed E-state index contributed by atoms with van der Waals surface area (Å²) in [6, 6.07) is 3.25. The SMILES string of the molecule is CC(C)CCCCCCCCc1c(CC(C)C)ccc(C(=O)O)c1C(=O)O. The Hall–Kier alpha value is -1.84. The van der Waals surface area contributed by atoms with E-state index in [9.17, 15) is 19.8 Å². The molecule has 0 radical (unpaired) electrons. The number of rotatable bonds is 13. The fourth-order valence-electron chi connectivity index (χ4n) is 3.59. The van der Waals surface area contributed by atoms with E-state index < -0.39 is 11.9 Å². The second-order valence-corrected chi connectivity index (χ2v) is 8.39. The largest absolute Gasteiger partial charge is 0.478 e. The number of carbonyl (C=O) groups is 2. The third kappa shape index (κ3) is 8.15. The van der Waals surface area contributed by atoms with E-state index in [1.54, 1.807) is 6.07 Å². The predicted molar refractivity (Wildman–Crippen MR) is 110 cm³/mol. The van der Waals surface area contributed by atoms with E-state index in [1.165, 1.54) is 31.7 Å². The van der Waals surface area contributed by atoms with Crippen LogP contribution in [0.4, 0.5) is 0 Å². The Morgan fingerprint density at radius 1 is 0.815 bits per heavy atom. The number of carboxylic acids is 2. The van der Waals surface area contributed by atoms with E-state index in [0.29, 0.717) is 12.3 Å². The standard InChI is InChI=1S/C23H36O4/c1-16(2)11-9-7-5-6-8-10-12-19-18(15-17(3)4)13-14-20(22(24)25)21(19)23(26)27/h13-14,16-17H,5-12,15H2,1-4H3,(H,24,25)(H,26,27). The van der Waals surface area contributed by atoms with Crippen LogP contribution >= 0.6 is 0 Å². The Balaban J connectivity index is 2.76. The molecule has 27 heavy (non-hydrogen) atoms. The summed E-state index contributed by atoms with van der Waals surface area (Å²) in [6.07, 6.45) is 9.54. The van der Waals surface area contributed by atoms with Gasteiger partial charge in [-0.1, -0.05) is 72.3 Å². The topological polar surface area (TPSA) is 74.6 Å². The van der Waals surface area contributed by atoms with Gasteiger partial charge in [-0.05, 0) is 48.3 Å². The maximum Gasteiger partial charge on any atom is 0.336 e. The summed E-state index contributed by atoms with van der Waals surface area (Å²) in [5.74, 6) is -1.15. The molecule has 1 rings (SSSR count). The first kappa shape index (κ1) is 23.2. The van der Waals surface area contributed by atoms with Gasteiger partial charge < -0.3 is 10.2 Å². The Kier molecular flexibility index (Phi) is 10.1. The monoisotopic (exact) mass is 376 g/mol. The van der Waals surface area contributed by atoms with Crippen LogP contribution < -0.4 is 0 Å². The van der Waals surface area contributed by atoms with E-state index in [2.05, 4.69) is 27.7 Å². The molecule has 0 bridgehead atoms. The van der Waals surface area contributed by atoms with Crippen molar-refractivity contribution in [3.05, 3.63) is 34.4 Å². The Labute approximate surface area is 164 Å². The van der Waals surface area contributed by atoms with Gasteiger partial charge in [0.05, 0.1) is 11.1 Å². The molecular weight excluding hydrogens is 340 g/mol. The third-order valence-electron chi connectivity index (χ3n) is 4.94. The van der Waals surface area contributed by atoms with E-state index in [0.717, 1.165) is 42.7 Å². The molecule has 0 heterocycles. The lowest BCUT2D eigenvalue weighted by molar-refractivity contribution is 0.0650. The van der Waals surface area contributed by atoms with E-state index >= 15 is 0 Å². The zero-order valence-electron chi connectivity index (χ0n) is 17.4. The molecule has 4 heteroatoms. The van der Waals surface area contributed by atoms with Gasteiger partial charge in [0.15, 0.2) is 0 Å². The van der Waals surface area contributed by atoms with Gasteiger partial charge >= 0.3 is 11.9 Å². The lowest BCUT2D eigenvalue weighted by Crippen LogP contribution is -2.14. The molecular formula is C23H36O4. The highest BCUT2D eigenvalue weighted by molar-refractivity contribution is 6.03. The highest BCUT2D eigenvalue weighted by Gasteiger charge is 2.22. The number of hydrogen-bond acceptors (Lipinski definition) is 2. The number of carboxylic acid groups (broad SMARTS) is 2. The summed E-state index contributed by atoms with van der Waals surface area (Å²) in [5.41, 5.74) is 1.58. The van der Waals surface area contributed by atoms with Crippen molar-refractivity contribution in [1.82, 2.24) is 0 Å². The molecule has 0 aliphatic heterocycles. The molecule has 4 nitrogen and oxygen atoms in total. The summed E-state index contributed by atoms with van der Waals surface area (Å²) in [6.45, 7) is 8.68. The molecule has 152 valence electrons. The quantitative estimate of drug-likeness (QED) is 0.401. The number of aromatic carboxylic acids is 2. The second-order valence-electron chi connectivity index (χ2n) is 8.39. The molecule has 2 N–H and O–H groups in total. The molecule has 0 aromatic heterocycles. The highest BCUT2D eigenvalue weighted by atomic mass is 16.4. The fourth-order valence-corrected chi connectivity index (χ4v) is 3.59. The second kappa shape index (κ2) is 11.8. The molecule has 0 aliphatic carbocycles. The van der Waals surface area contributed by atoms with Crippen LogP contribution in [0.25, 0.3) is 0 Å². The minimum absolute atomic E-state index is 0.0161. The van der Waals surface area contributed by atoms with Crippen LogP contribution in [-0.2, 0) is 12.8 Å². The molecule has 0 spiro atoms. The van der Waals surface area contributed by atoms with Crippen molar-refractivity contribution >= 4 is 11.9 Å². The van der Waals surface area contributed by atoms with Crippen LogP contribution in [0.3, 0.4) is 0 Å². The first-order valence-corrected chi connectivity index (χ1v) is 10.3. The lowest BCUT2D eigenvalue weighted by atomic mass is 9.88. The summed E-state index contributed by atoms with van der Waals surface area (Å²) >= 11 is 0. The van der Waals surface area contributed by atoms with Crippen LogP contribution in [0.1, 0.15) is 104 Å². The van der Waals surface area contributed by atoms with Gasteiger partial charge in [0, 0.05) is 0 Å². The van der Waals surface area contributed by atoms with E-state index in [4.69, 9.17) is 0 Å². The van der Waals surface area contributed by atoms with Crippen molar-refractivity contribution in [3.8, 4) is 0 Å². The summed E-state index contributed by atoms with van der Waals surface area (Å²) < 4.78 is 0. The highest BCUT2D eigenvalue weighted by Crippen LogP contribution is 2.25. The van der Waals surface area contributed by atoms with Crippen molar-refractivity contribution in [2.75, 3.05) is 0 Å². The first-order valence-electron chi connectivity index (χ1n) is 10.3. The molecule has 0 saturated carbocycles. The van der Waals surface area contributed by atoms with Gasteiger partial charge in [-0.3, -0.25) is 0 Å². The van der Waals surface area contributed by atoms with Crippen LogP contribution in [0.5, 0.6) is 0 Å². The van der Waals surface area contributed by atoms with Crippen molar-refractivity contribution in [1.29, 1.82) is 0 Å². The molecule has 0 amide bonds. The van der Waals surface area contributed by atoms with Gasteiger partial charge in [0.25, 0.3) is 0 Å². The van der Waals surface area contributed by atoms with E-state index in [-0.39, 0.29) is 11.1 Å². The fraction of sp³-hybridized carbons (Fsp3) is 0.652. The maximum atomic E-state index is 11.8. The number of hydrogen-bond donors (Lipinski definition) is 2. The normalized spacial score (nSPS) is 11.3. The molecule has 1 aromatic rings. The van der Waals surface area contributed by atoms with Crippen molar-refractivity contribution < 1.29 is 19.8 Å². The summed E-state index contributed by atoms with van der Waals surface area (Å²) in [7, 11) is 0. The van der Waals surface area contributed by atoms with Gasteiger partial charge in [-0.25, -0.2) is 9.59 Å². The first-order chi connectivity index (χ1) is 12.7. The van der Waals surface area contributed by atoms with Crippen LogP contribution in [-0.4, -0.2) is 22.2 Å². The molecule has 1 aromatic carbocycles. The summed E-state index contributed by atoms with van der Waals surface area (Å²) in [4.78, 5) is 23.3. The molecule has 0 atom stereocenters. The average Bonchev–Trinajstić information content (AvgIpc) is 2.56. The molecule has 0 saturated heterocycles. The van der Waals surface area contributed by atoms with Crippen LogP contribution in [0.2, 0.25) is 0 Å². The smallest absolute Gasteiger partial charge is 0.336 e. The number of unbranched alkanes of at least 4 members (excludes halogenated alkanes) is 5. The van der Waals surface area contributed by atoms with Crippen molar-refractivity contribution in [3.63, 3.8) is 0 Å².